The molecular weight excluding hydrogens is 134 g/mol. The molecule has 0 bridgehead atoms. The van der Waals surface area contributed by atoms with Crippen molar-refractivity contribution in [2.75, 3.05) is 12.4 Å². The Morgan fingerprint density at radius 1 is 1.44 bits per heavy atom. The van der Waals surface area contributed by atoms with Crippen LogP contribution in [0.4, 0.5) is 0 Å². The van der Waals surface area contributed by atoms with Crippen molar-refractivity contribution >= 4 is 11.6 Å². The van der Waals surface area contributed by atoms with Crippen molar-refractivity contribution in [3.8, 4) is 0 Å². The Kier molecular flexibility index (Phi) is 4.24. The molecule has 0 amide bonds. The van der Waals surface area contributed by atoms with E-state index in [1.807, 2.05) is 0 Å². The highest BCUT2D eigenvalue weighted by molar-refractivity contribution is 6.18. The van der Waals surface area contributed by atoms with Crippen LogP contribution in [0.5, 0.6) is 0 Å². The monoisotopic (exact) mass is 149 g/mol. The minimum absolute atomic E-state index is 0.149. The highest BCUT2D eigenvalue weighted by atomic mass is 35.5. The van der Waals surface area contributed by atoms with Crippen molar-refractivity contribution in [3.63, 3.8) is 0 Å². The zero-order chi connectivity index (χ0) is 7.33. The summed E-state index contributed by atoms with van der Waals surface area (Å²) in [6.45, 7) is 7.38. The maximum absolute atomic E-state index is 5.73. The Hall–Kier alpha value is 0.250. The molecule has 0 saturated carbocycles. The molecule has 0 fully saturated rings. The SMILES string of the molecule is CCN[C@](C)(CC)CCl. The van der Waals surface area contributed by atoms with E-state index >= 15 is 0 Å². The van der Waals surface area contributed by atoms with Gasteiger partial charge in [0.15, 0.2) is 0 Å². The zero-order valence-corrected chi connectivity index (χ0v) is 7.26. The van der Waals surface area contributed by atoms with Gasteiger partial charge in [0.05, 0.1) is 0 Å². The van der Waals surface area contributed by atoms with Gasteiger partial charge in [-0.15, -0.1) is 11.6 Å². The van der Waals surface area contributed by atoms with Crippen LogP contribution in [-0.2, 0) is 0 Å². The lowest BCUT2D eigenvalue weighted by Gasteiger charge is -2.26. The number of halogens is 1. The molecule has 0 spiro atoms. The van der Waals surface area contributed by atoms with Gasteiger partial charge in [0.25, 0.3) is 0 Å². The van der Waals surface area contributed by atoms with Crippen LogP contribution in [0, 0.1) is 0 Å². The van der Waals surface area contributed by atoms with E-state index in [-0.39, 0.29) is 5.54 Å². The molecule has 2 heteroatoms. The van der Waals surface area contributed by atoms with Gasteiger partial charge in [-0.1, -0.05) is 13.8 Å². The second-order valence-electron chi connectivity index (χ2n) is 2.58. The Morgan fingerprint density at radius 2 is 2.00 bits per heavy atom. The maximum atomic E-state index is 5.73. The standard InChI is InChI=1S/C7H16ClN/c1-4-7(3,6-8)9-5-2/h9H,4-6H2,1-3H3/t7-/m1/s1. The zero-order valence-electron chi connectivity index (χ0n) is 6.50. The Balaban J connectivity index is 3.62. The lowest BCUT2D eigenvalue weighted by atomic mass is 10.0. The molecule has 0 rings (SSSR count). The predicted molar refractivity (Wildman–Crippen MR) is 43.1 cm³/mol. The molecule has 0 aliphatic carbocycles. The average molecular weight is 150 g/mol. The molecule has 0 heterocycles. The average Bonchev–Trinajstić information content (AvgIpc) is 1.89. The van der Waals surface area contributed by atoms with Crippen LogP contribution in [0.2, 0.25) is 0 Å². The Bertz CT molecular complexity index is 69.3. The van der Waals surface area contributed by atoms with E-state index in [0.29, 0.717) is 5.88 Å². The molecule has 0 unspecified atom stereocenters. The van der Waals surface area contributed by atoms with Gasteiger partial charge in [-0.2, -0.15) is 0 Å². The summed E-state index contributed by atoms with van der Waals surface area (Å²) in [6, 6.07) is 0. The summed E-state index contributed by atoms with van der Waals surface area (Å²) in [6.07, 6.45) is 1.09. The van der Waals surface area contributed by atoms with E-state index in [2.05, 4.69) is 26.1 Å². The first-order chi connectivity index (χ1) is 4.18. The normalized spacial score (nSPS) is 17.3. The molecule has 1 nitrogen and oxygen atoms in total. The van der Waals surface area contributed by atoms with E-state index in [4.69, 9.17) is 11.6 Å². The van der Waals surface area contributed by atoms with Gasteiger partial charge in [-0.05, 0) is 19.9 Å². The fourth-order valence-electron chi connectivity index (χ4n) is 0.694. The summed E-state index contributed by atoms with van der Waals surface area (Å²) in [7, 11) is 0. The summed E-state index contributed by atoms with van der Waals surface area (Å²) in [4.78, 5) is 0. The molecule has 1 N–H and O–H groups in total. The van der Waals surface area contributed by atoms with Crippen LogP contribution in [0.25, 0.3) is 0 Å². The number of hydrogen-bond acceptors (Lipinski definition) is 1. The van der Waals surface area contributed by atoms with Crippen molar-refractivity contribution < 1.29 is 0 Å². The van der Waals surface area contributed by atoms with E-state index in [9.17, 15) is 0 Å². The first kappa shape index (κ1) is 9.25. The first-order valence-corrected chi connectivity index (χ1v) is 4.03. The van der Waals surface area contributed by atoms with Gasteiger partial charge in [0.1, 0.15) is 0 Å². The summed E-state index contributed by atoms with van der Waals surface area (Å²) in [5.74, 6) is 0.692. The van der Waals surface area contributed by atoms with Crippen molar-refractivity contribution in [2.24, 2.45) is 0 Å². The van der Waals surface area contributed by atoms with Gasteiger partial charge < -0.3 is 5.32 Å². The van der Waals surface area contributed by atoms with Crippen LogP contribution in [0.15, 0.2) is 0 Å². The van der Waals surface area contributed by atoms with Crippen molar-refractivity contribution in [1.29, 1.82) is 0 Å². The van der Waals surface area contributed by atoms with Crippen molar-refractivity contribution in [3.05, 3.63) is 0 Å². The molecule has 0 aromatic carbocycles. The fourth-order valence-corrected chi connectivity index (χ4v) is 0.977. The molecule has 56 valence electrons. The van der Waals surface area contributed by atoms with Gasteiger partial charge >= 0.3 is 0 Å². The summed E-state index contributed by atoms with van der Waals surface area (Å²) >= 11 is 5.73. The highest BCUT2D eigenvalue weighted by Gasteiger charge is 2.17. The second kappa shape index (κ2) is 4.13. The third kappa shape index (κ3) is 3.07. The number of hydrogen-bond donors (Lipinski definition) is 1. The third-order valence-corrected chi connectivity index (χ3v) is 2.27. The van der Waals surface area contributed by atoms with Crippen LogP contribution in [0.1, 0.15) is 27.2 Å². The summed E-state index contributed by atoms with van der Waals surface area (Å²) < 4.78 is 0. The van der Waals surface area contributed by atoms with E-state index in [0.717, 1.165) is 13.0 Å². The van der Waals surface area contributed by atoms with Gasteiger partial charge in [-0.3, -0.25) is 0 Å². The van der Waals surface area contributed by atoms with Crippen LogP contribution in [-0.4, -0.2) is 18.0 Å². The van der Waals surface area contributed by atoms with Gasteiger partial charge in [-0.25, -0.2) is 0 Å². The predicted octanol–water partition coefficient (Wildman–Crippen LogP) is 2.00. The van der Waals surface area contributed by atoms with E-state index in [1.165, 1.54) is 0 Å². The number of nitrogens with one attached hydrogen (secondary N) is 1. The van der Waals surface area contributed by atoms with Crippen molar-refractivity contribution in [2.45, 2.75) is 32.7 Å². The van der Waals surface area contributed by atoms with Gasteiger partial charge in [0, 0.05) is 11.4 Å². The van der Waals surface area contributed by atoms with E-state index < -0.39 is 0 Å². The molecule has 9 heavy (non-hydrogen) atoms. The molecule has 0 aliphatic heterocycles. The lowest BCUT2D eigenvalue weighted by molar-refractivity contribution is 0.392. The minimum Gasteiger partial charge on any atom is -0.311 e. The molecule has 0 radical (unpaired) electrons. The Labute approximate surface area is 62.8 Å². The third-order valence-electron chi connectivity index (χ3n) is 1.68. The minimum atomic E-state index is 0.149. The quantitative estimate of drug-likeness (QED) is 0.603. The number of alkyl halides is 1. The maximum Gasteiger partial charge on any atom is 0.0403 e. The topological polar surface area (TPSA) is 12.0 Å². The summed E-state index contributed by atoms with van der Waals surface area (Å²) in [5.41, 5.74) is 0.149. The molecular formula is C7H16ClN. The molecule has 0 aromatic rings. The summed E-state index contributed by atoms with van der Waals surface area (Å²) in [5, 5.41) is 3.33. The van der Waals surface area contributed by atoms with Gasteiger partial charge in [0.2, 0.25) is 0 Å². The lowest BCUT2D eigenvalue weighted by Crippen LogP contribution is -2.43. The molecule has 0 aromatic heterocycles. The largest absolute Gasteiger partial charge is 0.311 e. The first-order valence-electron chi connectivity index (χ1n) is 3.49. The highest BCUT2D eigenvalue weighted by Crippen LogP contribution is 2.09. The molecule has 1 atom stereocenters. The second-order valence-corrected chi connectivity index (χ2v) is 2.85. The smallest absolute Gasteiger partial charge is 0.0403 e. The van der Waals surface area contributed by atoms with Crippen LogP contribution < -0.4 is 5.32 Å². The van der Waals surface area contributed by atoms with Crippen LogP contribution >= 0.6 is 11.6 Å². The van der Waals surface area contributed by atoms with E-state index in [1.54, 1.807) is 0 Å². The van der Waals surface area contributed by atoms with Crippen molar-refractivity contribution in [1.82, 2.24) is 5.32 Å². The van der Waals surface area contributed by atoms with Crippen LogP contribution in [0.3, 0.4) is 0 Å². The molecule has 0 saturated heterocycles. The number of rotatable bonds is 4. The fraction of sp³-hybridized carbons (Fsp3) is 1.00. The molecule has 0 aliphatic rings. The Morgan fingerprint density at radius 3 is 2.11 bits per heavy atom.